The van der Waals surface area contributed by atoms with Crippen LogP contribution in [0.15, 0.2) is 16.6 Å². The van der Waals surface area contributed by atoms with E-state index in [1.807, 2.05) is 11.4 Å². The third kappa shape index (κ3) is 2.08. The zero-order valence-corrected chi connectivity index (χ0v) is 9.18. The monoisotopic (exact) mass is 230 g/mol. The van der Waals surface area contributed by atoms with E-state index < -0.39 is 0 Å². The maximum absolute atomic E-state index is 8.60. The predicted octanol–water partition coefficient (Wildman–Crippen LogP) is 2.44. The Morgan fingerprint density at radius 2 is 2.50 bits per heavy atom. The molecule has 1 aromatic heterocycles. The van der Waals surface area contributed by atoms with Crippen LogP contribution in [0.5, 0.6) is 0 Å². The van der Waals surface area contributed by atoms with Crippen molar-refractivity contribution in [3.05, 3.63) is 21.3 Å². The Balaban J connectivity index is 1.97. The van der Waals surface area contributed by atoms with Crippen molar-refractivity contribution in [2.24, 2.45) is 5.16 Å². The van der Waals surface area contributed by atoms with Crippen LogP contribution in [-0.4, -0.2) is 28.9 Å². The zero-order valence-electron chi connectivity index (χ0n) is 7.61. The van der Waals surface area contributed by atoms with Crippen molar-refractivity contribution in [2.75, 3.05) is 13.1 Å². The summed E-state index contributed by atoms with van der Waals surface area (Å²) in [5.41, 5.74) is 0.859. The lowest BCUT2D eigenvalue weighted by atomic mass is 10.3. The molecule has 0 amide bonds. The molecule has 1 saturated heterocycles. The number of hydrogen-bond acceptors (Lipinski definition) is 4. The van der Waals surface area contributed by atoms with Crippen molar-refractivity contribution in [3.63, 3.8) is 0 Å². The van der Waals surface area contributed by atoms with Crippen LogP contribution >= 0.6 is 22.9 Å². The van der Waals surface area contributed by atoms with E-state index in [4.69, 9.17) is 16.8 Å². The Morgan fingerprint density at radius 1 is 1.64 bits per heavy atom. The van der Waals surface area contributed by atoms with E-state index in [0.29, 0.717) is 0 Å². The summed E-state index contributed by atoms with van der Waals surface area (Å²) in [5.74, 6) is 0. The Kier molecular flexibility index (Phi) is 3.05. The molecule has 1 aliphatic rings. The molecule has 2 rings (SSSR count). The highest BCUT2D eigenvalue weighted by molar-refractivity contribution is 7.10. The van der Waals surface area contributed by atoms with Gasteiger partial charge < -0.3 is 5.21 Å². The molecule has 1 aromatic rings. The topological polar surface area (TPSA) is 35.8 Å². The quantitative estimate of drug-likeness (QED) is 0.626. The normalized spacial score (nSPS) is 20.8. The second-order valence-electron chi connectivity index (χ2n) is 3.32. The van der Waals surface area contributed by atoms with Crippen LogP contribution < -0.4 is 0 Å². The van der Waals surface area contributed by atoms with Gasteiger partial charge in [0.15, 0.2) is 0 Å². The molecule has 0 saturated carbocycles. The molecular weight excluding hydrogens is 220 g/mol. The number of likely N-dealkylation sites (tertiary alicyclic amines) is 1. The molecule has 14 heavy (non-hydrogen) atoms. The lowest BCUT2D eigenvalue weighted by Gasteiger charge is -2.12. The molecule has 3 nitrogen and oxygen atoms in total. The molecule has 1 aliphatic heterocycles. The molecule has 0 unspecified atom stereocenters. The van der Waals surface area contributed by atoms with Crippen LogP contribution in [0.4, 0.5) is 0 Å². The average Bonchev–Trinajstić information content (AvgIpc) is 2.77. The SMILES string of the molecule is O/N=C1/CCN(Cc2sccc2Cl)C1. The first-order valence-electron chi connectivity index (χ1n) is 4.43. The Morgan fingerprint density at radius 3 is 3.07 bits per heavy atom. The minimum absolute atomic E-state index is 0.755. The molecule has 5 heteroatoms. The van der Waals surface area contributed by atoms with Crippen molar-refractivity contribution in [1.29, 1.82) is 0 Å². The fourth-order valence-electron chi connectivity index (χ4n) is 1.56. The Bertz CT molecular complexity index is 350. The van der Waals surface area contributed by atoms with E-state index in [1.54, 1.807) is 11.3 Å². The van der Waals surface area contributed by atoms with Gasteiger partial charge in [0.2, 0.25) is 0 Å². The second-order valence-corrected chi connectivity index (χ2v) is 4.73. The molecule has 0 aromatic carbocycles. The van der Waals surface area contributed by atoms with Crippen LogP contribution in [0.25, 0.3) is 0 Å². The summed E-state index contributed by atoms with van der Waals surface area (Å²) in [4.78, 5) is 3.41. The Hall–Kier alpha value is -0.580. The van der Waals surface area contributed by atoms with Gasteiger partial charge in [0, 0.05) is 30.9 Å². The minimum Gasteiger partial charge on any atom is -0.411 e. The molecule has 0 aliphatic carbocycles. The van der Waals surface area contributed by atoms with Gasteiger partial charge in [-0.15, -0.1) is 11.3 Å². The molecule has 0 radical (unpaired) electrons. The van der Waals surface area contributed by atoms with Gasteiger partial charge in [0.1, 0.15) is 0 Å². The molecule has 1 fully saturated rings. The number of halogens is 1. The number of thiophene rings is 1. The molecule has 2 heterocycles. The van der Waals surface area contributed by atoms with Crippen molar-refractivity contribution in [2.45, 2.75) is 13.0 Å². The lowest BCUT2D eigenvalue weighted by Crippen LogP contribution is -2.19. The first-order chi connectivity index (χ1) is 6.79. The van der Waals surface area contributed by atoms with Crippen LogP contribution in [0.1, 0.15) is 11.3 Å². The zero-order chi connectivity index (χ0) is 9.97. The van der Waals surface area contributed by atoms with Gasteiger partial charge in [-0.05, 0) is 11.4 Å². The molecule has 0 atom stereocenters. The van der Waals surface area contributed by atoms with Gasteiger partial charge in [-0.1, -0.05) is 16.8 Å². The predicted molar refractivity (Wildman–Crippen MR) is 58.4 cm³/mol. The maximum Gasteiger partial charge on any atom is 0.0723 e. The average molecular weight is 231 g/mol. The fourth-order valence-corrected chi connectivity index (χ4v) is 2.70. The van der Waals surface area contributed by atoms with E-state index in [2.05, 4.69) is 10.1 Å². The summed E-state index contributed by atoms with van der Waals surface area (Å²) in [5, 5.41) is 14.7. The van der Waals surface area contributed by atoms with Gasteiger partial charge in [-0.25, -0.2) is 0 Å². The van der Waals surface area contributed by atoms with Crippen molar-refractivity contribution in [1.82, 2.24) is 4.90 Å². The van der Waals surface area contributed by atoms with E-state index in [-0.39, 0.29) is 0 Å². The number of hydrogen-bond donors (Lipinski definition) is 1. The van der Waals surface area contributed by atoms with Gasteiger partial charge in [0.25, 0.3) is 0 Å². The van der Waals surface area contributed by atoms with Gasteiger partial charge in [-0.3, -0.25) is 4.90 Å². The maximum atomic E-state index is 8.60. The van der Waals surface area contributed by atoms with E-state index in [9.17, 15) is 0 Å². The standard InChI is InChI=1S/C9H11ClN2OS/c10-8-2-4-14-9(8)6-12-3-1-7(5-12)11-13/h2,4,13H,1,3,5-6H2/b11-7-. The highest BCUT2D eigenvalue weighted by Crippen LogP contribution is 2.24. The highest BCUT2D eigenvalue weighted by atomic mass is 35.5. The first kappa shape index (κ1) is 9.96. The number of rotatable bonds is 2. The fraction of sp³-hybridized carbons (Fsp3) is 0.444. The molecule has 0 spiro atoms. The van der Waals surface area contributed by atoms with Crippen molar-refractivity contribution in [3.8, 4) is 0 Å². The number of nitrogens with zero attached hydrogens (tertiary/aromatic N) is 2. The third-order valence-corrected chi connectivity index (χ3v) is 3.69. The summed E-state index contributed by atoms with van der Waals surface area (Å²) in [6, 6.07) is 1.92. The smallest absolute Gasteiger partial charge is 0.0723 e. The van der Waals surface area contributed by atoms with Crippen molar-refractivity contribution >= 4 is 28.6 Å². The van der Waals surface area contributed by atoms with E-state index >= 15 is 0 Å². The van der Waals surface area contributed by atoms with Gasteiger partial charge in [-0.2, -0.15) is 0 Å². The number of oxime groups is 1. The van der Waals surface area contributed by atoms with Crippen LogP contribution in [0, 0.1) is 0 Å². The summed E-state index contributed by atoms with van der Waals surface area (Å²) in [7, 11) is 0. The molecule has 0 bridgehead atoms. The van der Waals surface area contributed by atoms with Crippen LogP contribution in [-0.2, 0) is 6.54 Å². The van der Waals surface area contributed by atoms with Crippen molar-refractivity contribution < 1.29 is 5.21 Å². The van der Waals surface area contributed by atoms with Crippen LogP contribution in [0.3, 0.4) is 0 Å². The van der Waals surface area contributed by atoms with Gasteiger partial charge >= 0.3 is 0 Å². The summed E-state index contributed by atoms with van der Waals surface area (Å²) >= 11 is 7.66. The first-order valence-corrected chi connectivity index (χ1v) is 5.69. The largest absolute Gasteiger partial charge is 0.411 e. The Labute approximate surface area is 91.6 Å². The van der Waals surface area contributed by atoms with Crippen LogP contribution in [0.2, 0.25) is 5.02 Å². The summed E-state index contributed by atoms with van der Waals surface area (Å²) in [6.45, 7) is 2.56. The highest BCUT2D eigenvalue weighted by Gasteiger charge is 2.19. The molecule has 1 N–H and O–H groups in total. The third-order valence-electron chi connectivity index (χ3n) is 2.32. The second kappa shape index (κ2) is 4.29. The summed E-state index contributed by atoms with van der Waals surface area (Å²) < 4.78 is 0. The lowest BCUT2D eigenvalue weighted by molar-refractivity contribution is 0.314. The summed E-state index contributed by atoms with van der Waals surface area (Å²) in [6.07, 6.45) is 0.861. The van der Waals surface area contributed by atoms with Gasteiger partial charge in [0.05, 0.1) is 10.7 Å². The van der Waals surface area contributed by atoms with E-state index in [1.165, 1.54) is 4.88 Å². The minimum atomic E-state index is 0.755. The van der Waals surface area contributed by atoms with E-state index in [0.717, 1.165) is 36.8 Å². The molecular formula is C9H11ClN2OS. The molecule has 76 valence electrons.